The summed E-state index contributed by atoms with van der Waals surface area (Å²) in [7, 11) is 0. The second-order valence-electron chi connectivity index (χ2n) is 15.2. The van der Waals surface area contributed by atoms with Crippen LogP contribution in [0.4, 0.5) is 0 Å². The Balaban J connectivity index is 0.911. The van der Waals surface area contributed by atoms with Crippen molar-refractivity contribution >= 4 is 54.5 Å². The number of pyridine rings is 1. The van der Waals surface area contributed by atoms with E-state index in [0.717, 1.165) is 89.0 Å². The first-order valence-electron chi connectivity index (χ1n) is 20.2. The van der Waals surface area contributed by atoms with Crippen LogP contribution < -0.4 is 0 Å². The number of fused-ring (bicyclic) bond motifs is 7. The smallest absolute Gasteiger partial charge is 0.160 e. The van der Waals surface area contributed by atoms with Gasteiger partial charge in [0.15, 0.2) is 5.82 Å². The summed E-state index contributed by atoms with van der Waals surface area (Å²) in [6.45, 7) is 0. The molecule has 8 aromatic carbocycles. The third kappa shape index (κ3) is 5.59. The van der Waals surface area contributed by atoms with Crippen molar-refractivity contribution in [3.8, 4) is 62.0 Å². The van der Waals surface area contributed by atoms with Crippen molar-refractivity contribution in [1.82, 2.24) is 19.5 Å². The lowest BCUT2D eigenvalue weighted by Crippen LogP contribution is -1.97. The highest BCUT2D eigenvalue weighted by atomic mass is 16.3. The van der Waals surface area contributed by atoms with Crippen molar-refractivity contribution in [1.29, 1.82) is 0 Å². The molecule has 0 aliphatic heterocycles. The molecule has 0 aliphatic rings. The summed E-state index contributed by atoms with van der Waals surface area (Å²) >= 11 is 0. The largest absolute Gasteiger partial charge is 0.455 e. The fourth-order valence-corrected chi connectivity index (χ4v) is 8.82. The van der Waals surface area contributed by atoms with Crippen molar-refractivity contribution in [2.24, 2.45) is 0 Å². The predicted molar refractivity (Wildman–Crippen MR) is 246 cm³/mol. The van der Waals surface area contributed by atoms with Crippen molar-refractivity contribution in [3.63, 3.8) is 0 Å². The summed E-state index contributed by atoms with van der Waals surface area (Å²) in [6, 6.07) is 70.3. The molecule has 0 amide bonds. The first-order chi connectivity index (χ1) is 29.7. The van der Waals surface area contributed by atoms with Crippen molar-refractivity contribution < 1.29 is 4.42 Å². The van der Waals surface area contributed by atoms with Gasteiger partial charge in [0.1, 0.15) is 11.2 Å². The maximum Gasteiger partial charge on any atom is 0.160 e. The molecular formula is C55H34N4O. The van der Waals surface area contributed by atoms with E-state index in [1.807, 2.05) is 36.4 Å². The summed E-state index contributed by atoms with van der Waals surface area (Å²) in [5.74, 6) is 0.659. The average Bonchev–Trinajstić information content (AvgIpc) is 3.87. The Morgan fingerprint density at radius 2 is 1.03 bits per heavy atom. The normalized spacial score (nSPS) is 11.7. The standard InChI is InChI=1S/C55H34N4O/c1-2-13-41-36(11-1)12-9-17-43(41)49-34-50(48-19-7-8-32-56-48)58-55(57-49)38-24-22-35(23-25-38)39-28-31-52-47(33-39)44-14-3-5-20-51(44)59(52)40-29-26-37(27-30-40)42-16-10-18-46-45-15-4-6-21-53(45)60-54(42)46/h1-34H. The van der Waals surface area contributed by atoms with Crippen LogP contribution in [0.3, 0.4) is 0 Å². The zero-order chi connectivity index (χ0) is 39.6. The molecular weight excluding hydrogens is 733 g/mol. The summed E-state index contributed by atoms with van der Waals surface area (Å²) in [5.41, 5.74) is 14.2. The minimum Gasteiger partial charge on any atom is -0.455 e. The molecule has 4 aromatic heterocycles. The van der Waals surface area contributed by atoms with Gasteiger partial charge in [0, 0.05) is 50.1 Å². The van der Waals surface area contributed by atoms with Crippen LogP contribution in [0.15, 0.2) is 211 Å². The van der Waals surface area contributed by atoms with Gasteiger partial charge >= 0.3 is 0 Å². The van der Waals surface area contributed by atoms with Crippen LogP contribution in [-0.2, 0) is 0 Å². The number of benzene rings is 8. The van der Waals surface area contributed by atoms with Gasteiger partial charge in [0.05, 0.1) is 28.1 Å². The Labute approximate surface area is 345 Å². The topological polar surface area (TPSA) is 56.7 Å². The molecule has 5 nitrogen and oxygen atoms in total. The maximum atomic E-state index is 6.37. The molecule has 0 unspecified atom stereocenters. The summed E-state index contributed by atoms with van der Waals surface area (Å²) in [4.78, 5) is 14.8. The van der Waals surface area contributed by atoms with Crippen LogP contribution in [0.2, 0.25) is 0 Å². The van der Waals surface area contributed by atoms with Crippen LogP contribution in [0.5, 0.6) is 0 Å². The van der Waals surface area contributed by atoms with Crippen LogP contribution in [0, 0.1) is 0 Å². The first-order valence-corrected chi connectivity index (χ1v) is 20.2. The fraction of sp³-hybridized carbons (Fsp3) is 0. The van der Waals surface area contributed by atoms with E-state index in [9.17, 15) is 0 Å². The number of nitrogens with zero attached hydrogens (tertiary/aromatic N) is 4. The number of para-hydroxylation sites is 3. The lowest BCUT2D eigenvalue weighted by atomic mass is 10.00. The summed E-state index contributed by atoms with van der Waals surface area (Å²) in [6.07, 6.45) is 1.80. The van der Waals surface area contributed by atoms with E-state index < -0.39 is 0 Å². The van der Waals surface area contributed by atoms with Gasteiger partial charge in [-0.3, -0.25) is 4.98 Å². The van der Waals surface area contributed by atoms with Gasteiger partial charge in [0.25, 0.3) is 0 Å². The second-order valence-corrected chi connectivity index (χ2v) is 15.2. The molecule has 0 bridgehead atoms. The Bertz CT molecular complexity index is 3580. The quantitative estimate of drug-likeness (QED) is 0.169. The monoisotopic (exact) mass is 766 g/mol. The van der Waals surface area contributed by atoms with Gasteiger partial charge in [-0.1, -0.05) is 146 Å². The van der Waals surface area contributed by atoms with Gasteiger partial charge in [-0.2, -0.15) is 0 Å². The van der Waals surface area contributed by atoms with E-state index in [-0.39, 0.29) is 0 Å². The SMILES string of the molecule is c1ccc(-c2cc(-c3cccc4ccccc34)nc(-c3ccc(-c4ccc5c(c4)c4ccccc4n5-c4ccc(-c5cccc6c5oc5ccccc56)cc4)cc3)n2)nc1. The third-order valence-electron chi connectivity index (χ3n) is 11.7. The van der Waals surface area contributed by atoms with E-state index in [1.165, 1.54) is 21.7 Å². The number of furan rings is 1. The molecule has 0 spiro atoms. The Hall–Kier alpha value is -8.15. The molecule has 0 atom stereocenters. The van der Waals surface area contributed by atoms with Gasteiger partial charge in [0.2, 0.25) is 0 Å². The lowest BCUT2D eigenvalue weighted by molar-refractivity contribution is 0.670. The average molecular weight is 767 g/mol. The number of hydrogen-bond donors (Lipinski definition) is 0. The van der Waals surface area contributed by atoms with Crippen molar-refractivity contribution in [2.45, 2.75) is 0 Å². The Morgan fingerprint density at radius 1 is 0.383 bits per heavy atom. The van der Waals surface area contributed by atoms with Crippen molar-refractivity contribution in [2.75, 3.05) is 0 Å². The highest BCUT2D eigenvalue weighted by molar-refractivity contribution is 6.11. The van der Waals surface area contributed by atoms with E-state index in [2.05, 4.69) is 173 Å². The molecule has 0 aliphatic carbocycles. The third-order valence-corrected chi connectivity index (χ3v) is 11.7. The zero-order valence-corrected chi connectivity index (χ0v) is 32.3. The Morgan fingerprint density at radius 3 is 1.90 bits per heavy atom. The molecule has 0 N–H and O–H groups in total. The summed E-state index contributed by atoms with van der Waals surface area (Å²) < 4.78 is 8.74. The zero-order valence-electron chi connectivity index (χ0n) is 32.3. The van der Waals surface area contributed by atoms with Gasteiger partial charge in [-0.15, -0.1) is 0 Å². The molecule has 60 heavy (non-hydrogen) atoms. The molecule has 4 heterocycles. The van der Waals surface area contributed by atoms with Gasteiger partial charge in [-0.05, 0) is 82.1 Å². The van der Waals surface area contributed by atoms with Gasteiger partial charge in [-0.25, -0.2) is 9.97 Å². The molecule has 12 aromatic rings. The predicted octanol–water partition coefficient (Wildman–Crippen LogP) is 14.4. The molecule has 0 radical (unpaired) electrons. The molecule has 280 valence electrons. The number of aromatic nitrogens is 4. The highest BCUT2D eigenvalue weighted by Crippen LogP contribution is 2.39. The van der Waals surface area contributed by atoms with E-state index in [0.29, 0.717) is 5.82 Å². The second kappa shape index (κ2) is 13.8. The number of hydrogen-bond acceptors (Lipinski definition) is 4. The van der Waals surface area contributed by atoms with E-state index in [1.54, 1.807) is 6.20 Å². The van der Waals surface area contributed by atoms with Crippen molar-refractivity contribution in [3.05, 3.63) is 206 Å². The van der Waals surface area contributed by atoms with Crippen LogP contribution in [-0.4, -0.2) is 19.5 Å². The molecule has 0 saturated heterocycles. The maximum absolute atomic E-state index is 6.37. The van der Waals surface area contributed by atoms with E-state index in [4.69, 9.17) is 14.4 Å². The van der Waals surface area contributed by atoms with Gasteiger partial charge < -0.3 is 8.98 Å². The fourth-order valence-electron chi connectivity index (χ4n) is 8.82. The first kappa shape index (κ1) is 33.9. The molecule has 0 fully saturated rings. The lowest BCUT2D eigenvalue weighted by Gasteiger charge is -2.11. The number of rotatable bonds is 6. The van der Waals surface area contributed by atoms with E-state index >= 15 is 0 Å². The minimum atomic E-state index is 0.659. The molecule has 0 saturated carbocycles. The van der Waals surface area contributed by atoms with Crippen LogP contribution in [0.1, 0.15) is 0 Å². The molecule has 12 rings (SSSR count). The summed E-state index contributed by atoms with van der Waals surface area (Å²) in [5, 5.41) is 7.01. The minimum absolute atomic E-state index is 0.659. The van der Waals surface area contributed by atoms with Crippen LogP contribution >= 0.6 is 0 Å². The highest BCUT2D eigenvalue weighted by Gasteiger charge is 2.17. The molecule has 5 heteroatoms. The van der Waals surface area contributed by atoms with Crippen LogP contribution in [0.25, 0.3) is 116 Å². The Kier molecular flexibility index (Phi) is 7.78.